The highest BCUT2D eigenvalue weighted by Crippen LogP contribution is 2.25. The first-order chi connectivity index (χ1) is 12.1. The van der Waals surface area contributed by atoms with Crippen LogP contribution in [0.25, 0.3) is 17.4 Å². The zero-order valence-electron chi connectivity index (χ0n) is 13.2. The van der Waals surface area contributed by atoms with E-state index in [4.69, 9.17) is 14.4 Å². The number of benzene rings is 1. The van der Waals surface area contributed by atoms with Crippen LogP contribution < -0.4 is 0 Å². The summed E-state index contributed by atoms with van der Waals surface area (Å²) < 4.78 is 10.4. The molecule has 0 saturated carbocycles. The molecule has 25 heavy (non-hydrogen) atoms. The number of carbonyl (C=O) groups is 2. The second-order valence-corrected chi connectivity index (χ2v) is 5.13. The fourth-order valence-electron chi connectivity index (χ4n) is 2.20. The van der Waals surface area contributed by atoms with E-state index in [0.717, 1.165) is 5.56 Å². The number of carbonyl (C=O) groups excluding carboxylic acids is 2. The first kappa shape index (κ1) is 16.2. The Morgan fingerprint density at radius 3 is 2.68 bits per heavy atom. The fraction of sp³-hybridized carbons (Fsp3) is 0.111. The molecule has 1 aromatic carbocycles. The van der Waals surface area contributed by atoms with Crippen molar-refractivity contribution >= 4 is 23.7 Å². The van der Waals surface area contributed by atoms with Crippen LogP contribution in [-0.4, -0.2) is 24.3 Å². The zero-order valence-corrected chi connectivity index (χ0v) is 13.2. The van der Waals surface area contributed by atoms with E-state index in [1.165, 1.54) is 0 Å². The van der Waals surface area contributed by atoms with Crippen LogP contribution in [0.15, 0.2) is 51.5 Å². The van der Waals surface area contributed by atoms with Gasteiger partial charge >= 0.3 is 11.9 Å². The van der Waals surface area contributed by atoms with E-state index in [9.17, 15) is 9.59 Å². The number of nitriles is 1. The Kier molecular flexibility index (Phi) is 4.44. The Hall–Kier alpha value is -3.66. The molecule has 0 atom stereocenters. The van der Waals surface area contributed by atoms with E-state index < -0.39 is 11.9 Å². The molecule has 7 heteroatoms. The van der Waals surface area contributed by atoms with Crippen LogP contribution in [0.4, 0.5) is 0 Å². The van der Waals surface area contributed by atoms with Crippen molar-refractivity contribution in [3.05, 3.63) is 53.3 Å². The number of rotatable bonds is 4. The molecule has 0 unspecified atom stereocenters. The number of esters is 1. The normalized spacial score (nSPS) is 14.8. The summed E-state index contributed by atoms with van der Waals surface area (Å²) in [6, 6.07) is 11.8. The van der Waals surface area contributed by atoms with Crippen LogP contribution in [0, 0.1) is 11.3 Å². The molecule has 124 valence electrons. The van der Waals surface area contributed by atoms with E-state index in [1.54, 1.807) is 55.5 Å². The summed E-state index contributed by atoms with van der Waals surface area (Å²) in [7, 11) is 0. The van der Waals surface area contributed by atoms with Crippen LogP contribution in [-0.2, 0) is 14.4 Å². The van der Waals surface area contributed by atoms with Gasteiger partial charge in [0.25, 0.3) is 0 Å². The molecule has 0 bridgehead atoms. The average Bonchev–Trinajstić information content (AvgIpc) is 3.22. The molecule has 0 fully saturated rings. The molecule has 2 aromatic rings. The van der Waals surface area contributed by atoms with Gasteiger partial charge in [-0.2, -0.15) is 5.26 Å². The predicted octanol–water partition coefficient (Wildman–Crippen LogP) is 2.94. The third kappa shape index (κ3) is 3.48. The summed E-state index contributed by atoms with van der Waals surface area (Å²) in [4.78, 5) is 27.8. The maximum Gasteiger partial charge on any atom is 0.367 e. The highest BCUT2D eigenvalue weighted by atomic mass is 16.7. The van der Waals surface area contributed by atoms with Crippen molar-refractivity contribution in [2.75, 3.05) is 6.61 Å². The predicted molar refractivity (Wildman–Crippen MR) is 87.2 cm³/mol. The third-order valence-electron chi connectivity index (χ3n) is 3.46. The van der Waals surface area contributed by atoms with Crippen LogP contribution >= 0.6 is 0 Å². The number of oxime groups is 1. The molecule has 0 radical (unpaired) electrons. The molecule has 1 aliphatic heterocycles. The van der Waals surface area contributed by atoms with Crippen molar-refractivity contribution in [3.63, 3.8) is 0 Å². The Morgan fingerprint density at radius 1 is 1.28 bits per heavy atom. The summed E-state index contributed by atoms with van der Waals surface area (Å²) in [6.07, 6.45) is 1.56. The van der Waals surface area contributed by atoms with Gasteiger partial charge in [0.15, 0.2) is 6.61 Å². The van der Waals surface area contributed by atoms with E-state index in [-0.39, 0.29) is 6.61 Å². The second-order valence-electron chi connectivity index (χ2n) is 5.13. The Balaban J connectivity index is 1.78. The summed E-state index contributed by atoms with van der Waals surface area (Å²) in [6.45, 7) is 1.38. The van der Waals surface area contributed by atoms with Crippen LogP contribution in [0.2, 0.25) is 0 Å². The molecule has 7 nitrogen and oxygen atoms in total. The van der Waals surface area contributed by atoms with E-state index in [2.05, 4.69) is 9.99 Å². The van der Waals surface area contributed by atoms with Crippen LogP contribution in [0.5, 0.6) is 0 Å². The van der Waals surface area contributed by atoms with Gasteiger partial charge in [-0.05, 0) is 37.3 Å². The molecule has 1 aromatic heterocycles. The van der Waals surface area contributed by atoms with Gasteiger partial charge in [-0.3, -0.25) is 0 Å². The van der Waals surface area contributed by atoms with Gasteiger partial charge in [-0.1, -0.05) is 17.3 Å². The first-order valence-electron chi connectivity index (χ1n) is 7.31. The molecule has 3 rings (SSSR count). The SMILES string of the molecule is CC1=NOC(=O)/C1=C\c1ccc(-c2ccc(C(=O)OCC#N)cc2)o1. The van der Waals surface area contributed by atoms with Gasteiger partial charge in [-0.25, -0.2) is 9.59 Å². The van der Waals surface area contributed by atoms with E-state index in [0.29, 0.717) is 28.4 Å². The minimum atomic E-state index is -0.563. The van der Waals surface area contributed by atoms with Gasteiger partial charge in [0.2, 0.25) is 0 Å². The van der Waals surface area contributed by atoms with Crippen molar-refractivity contribution in [2.24, 2.45) is 5.16 Å². The Morgan fingerprint density at radius 2 is 2.04 bits per heavy atom. The van der Waals surface area contributed by atoms with Crippen molar-refractivity contribution in [2.45, 2.75) is 6.92 Å². The summed E-state index contributed by atoms with van der Waals surface area (Å²) in [5, 5.41) is 12.0. The summed E-state index contributed by atoms with van der Waals surface area (Å²) >= 11 is 0. The highest BCUT2D eigenvalue weighted by Gasteiger charge is 2.22. The van der Waals surface area contributed by atoms with Crippen LogP contribution in [0.3, 0.4) is 0 Å². The minimum Gasteiger partial charge on any atom is -0.457 e. The van der Waals surface area contributed by atoms with E-state index in [1.807, 2.05) is 0 Å². The fourth-order valence-corrected chi connectivity index (χ4v) is 2.20. The number of furan rings is 1. The molecular formula is C18H12N2O5. The molecular weight excluding hydrogens is 324 g/mol. The summed E-state index contributed by atoms with van der Waals surface area (Å²) in [5.41, 5.74) is 1.92. The van der Waals surface area contributed by atoms with Gasteiger partial charge in [-0.15, -0.1) is 0 Å². The quantitative estimate of drug-likeness (QED) is 0.483. The molecule has 0 amide bonds. The molecule has 2 heterocycles. The maximum absolute atomic E-state index is 11.7. The van der Waals surface area contributed by atoms with Gasteiger partial charge in [0, 0.05) is 5.56 Å². The van der Waals surface area contributed by atoms with Crippen molar-refractivity contribution in [3.8, 4) is 17.4 Å². The largest absolute Gasteiger partial charge is 0.457 e. The number of nitrogens with zero attached hydrogens (tertiary/aromatic N) is 2. The smallest absolute Gasteiger partial charge is 0.367 e. The van der Waals surface area contributed by atoms with E-state index >= 15 is 0 Å². The third-order valence-corrected chi connectivity index (χ3v) is 3.46. The molecule has 0 saturated heterocycles. The Labute approximate surface area is 142 Å². The van der Waals surface area contributed by atoms with Crippen molar-refractivity contribution in [1.82, 2.24) is 0 Å². The Bertz CT molecular complexity index is 929. The van der Waals surface area contributed by atoms with Gasteiger partial charge in [0.05, 0.1) is 16.8 Å². The van der Waals surface area contributed by atoms with Crippen molar-refractivity contribution in [1.29, 1.82) is 5.26 Å². The number of hydrogen-bond donors (Lipinski definition) is 0. The monoisotopic (exact) mass is 336 g/mol. The maximum atomic E-state index is 11.7. The lowest BCUT2D eigenvalue weighted by atomic mass is 10.1. The zero-order chi connectivity index (χ0) is 17.8. The molecule has 1 aliphatic rings. The molecule has 0 aliphatic carbocycles. The van der Waals surface area contributed by atoms with Crippen LogP contribution in [0.1, 0.15) is 23.0 Å². The average molecular weight is 336 g/mol. The lowest BCUT2D eigenvalue weighted by molar-refractivity contribution is -0.136. The standard InChI is InChI=1S/C18H12N2O5/c1-11-15(18(22)25-20-11)10-14-6-7-16(24-14)12-2-4-13(5-3-12)17(21)23-9-8-19/h2-7,10H,9H2,1H3/b15-10-. The summed E-state index contributed by atoms with van der Waals surface area (Å²) in [5.74, 6) is -0.0242. The lowest BCUT2D eigenvalue weighted by Gasteiger charge is -2.01. The number of hydrogen-bond acceptors (Lipinski definition) is 7. The van der Waals surface area contributed by atoms with Gasteiger partial charge in [0.1, 0.15) is 17.6 Å². The van der Waals surface area contributed by atoms with Crippen molar-refractivity contribution < 1.29 is 23.6 Å². The topological polar surface area (TPSA) is 102 Å². The highest BCUT2D eigenvalue weighted by molar-refractivity contribution is 6.24. The van der Waals surface area contributed by atoms with Gasteiger partial charge < -0.3 is 14.0 Å². The minimum absolute atomic E-state index is 0.290. The molecule has 0 N–H and O–H groups in total. The molecule has 0 spiro atoms. The lowest BCUT2D eigenvalue weighted by Crippen LogP contribution is -2.04. The first-order valence-corrected chi connectivity index (χ1v) is 7.31. The second kappa shape index (κ2) is 6.84. The number of ether oxygens (including phenoxy) is 1.